The van der Waals surface area contributed by atoms with Crippen LogP contribution in [0, 0.1) is 11.8 Å². The van der Waals surface area contributed by atoms with Crippen LogP contribution in [0.2, 0.25) is 0 Å². The number of rotatable bonds is 12. The highest BCUT2D eigenvalue weighted by molar-refractivity contribution is 5.89. The van der Waals surface area contributed by atoms with Gasteiger partial charge >= 0.3 is 12.2 Å². The number of imidazole rings is 2. The van der Waals surface area contributed by atoms with Crippen LogP contribution in [0.1, 0.15) is 87.0 Å². The lowest BCUT2D eigenvalue weighted by Crippen LogP contribution is -2.51. The lowest BCUT2D eigenvalue weighted by Gasteiger charge is -2.28. The summed E-state index contributed by atoms with van der Waals surface area (Å²) in [4.78, 5) is 69.3. The number of amides is 4. The van der Waals surface area contributed by atoms with Gasteiger partial charge in [-0.15, -0.1) is 0 Å². The molecule has 0 radical (unpaired) electrons. The van der Waals surface area contributed by atoms with Crippen LogP contribution in [0.4, 0.5) is 18.4 Å². The summed E-state index contributed by atoms with van der Waals surface area (Å²) in [6.45, 7) is 7.93. The van der Waals surface area contributed by atoms with E-state index in [4.69, 9.17) is 14.5 Å². The Hall–Kier alpha value is -7.10. The smallest absolute Gasteiger partial charge is 0.407 e. The first-order valence-electron chi connectivity index (χ1n) is 21.3. The molecule has 1 fully saturated rings. The van der Waals surface area contributed by atoms with E-state index in [-0.39, 0.29) is 34.9 Å². The second-order valence-corrected chi connectivity index (χ2v) is 16.9. The van der Waals surface area contributed by atoms with Crippen molar-refractivity contribution in [1.29, 1.82) is 0 Å². The van der Waals surface area contributed by atoms with Crippen LogP contribution in [-0.4, -0.2) is 75.6 Å². The predicted octanol–water partition coefficient (Wildman–Crippen LogP) is 8.70. The first-order valence-corrected chi connectivity index (χ1v) is 21.3. The Bertz CT molecular complexity index is 2730. The average molecular weight is 873 g/mol. The Morgan fingerprint density at radius 3 is 2.09 bits per heavy atom. The summed E-state index contributed by atoms with van der Waals surface area (Å²) < 4.78 is 42.6. The van der Waals surface area contributed by atoms with E-state index in [9.17, 15) is 19.2 Å². The van der Waals surface area contributed by atoms with Crippen LogP contribution in [0.3, 0.4) is 0 Å². The zero-order valence-electron chi connectivity index (χ0n) is 36.3. The first-order chi connectivity index (χ1) is 30.7. The van der Waals surface area contributed by atoms with Gasteiger partial charge < -0.3 is 40.3 Å². The molecule has 14 nitrogen and oxygen atoms in total. The topological polar surface area (TPSA) is 183 Å². The molecule has 2 aliphatic rings. The minimum atomic E-state index is -3.31. The molecule has 6 aromatic rings. The zero-order chi connectivity index (χ0) is 45.4. The normalized spacial score (nSPS) is 16.5. The molecule has 1 aliphatic carbocycles. The van der Waals surface area contributed by atoms with Crippen molar-refractivity contribution in [2.24, 2.45) is 11.8 Å². The minimum absolute atomic E-state index is 0.107. The highest BCUT2D eigenvalue weighted by Gasteiger charge is 2.45. The molecule has 1 aliphatic heterocycles. The summed E-state index contributed by atoms with van der Waals surface area (Å²) >= 11 is 0. The van der Waals surface area contributed by atoms with Crippen molar-refractivity contribution < 1.29 is 37.4 Å². The highest BCUT2D eigenvalue weighted by Crippen LogP contribution is 2.53. The van der Waals surface area contributed by atoms with Crippen LogP contribution in [0.15, 0.2) is 91.1 Å². The number of fused-ring (bicyclic) bond motifs is 4. The molecule has 64 heavy (non-hydrogen) atoms. The SMILES string of the molecule is COC(=O)N[C@H](C(=O)N[C@H](c1ncc(-c2ccc3c(c2)C(F)(F)c2cc(-c4ccc5nc([C@@H]6CCCN6C(=O)[C@H](NC(=O)OC)c6ccccc6)[nH]c5c4)ccc2-3)[nH]1)C(C)C)C(C)C. The molecule has 2 aromatic heterocycles. The third kappa shape index (κ3) is 8.27. The molecule has 4 amide bonds. The van der Waals surface area contributed by atoms with E-state index in [1.807, 2.05) is 58.0 Å². The second-order valence-electron chi connectivity index (χ2n) is 16.9. The van der Waals surface area contributed by atoms with Gasteiger partial charge in [0.1, 0.15) is 23.7 Å². The molecule has 0 unspecified atom stereocenters. The van der Waals surface area contributed by atoms with Crippen molar-refractivity contribution in [3.63, 3.8) is 0 Å². The van der Waals surface area contributed by atoms with E-state index in [1.54, 1.807) is 53.6 Å². The Balaban J connectivity index is 1.02. The number of aromatic amines is 2. The van der Waals surface area contributed by atoms with Crippen LogP contribution in [-0.2, 0) is 25.0 Å². The number of nitrogens with one attached hydrogen (secondary N) is 5. The van der Waals surface area contributed by atoms with Gasteiger partial charge in [0.2, 0.25) is 5.91 Å². The van der Waals surface area contributed by atoms with Crippen molar-refractivity contribution in [3.05, 3.63) is 119 Å². The molecule has 0 saturated carbocycles. The molecule has 4 aromatic carbocycles. The maximum Gasteiger partial charge on any atom is 0.407 e. The van der Waals surface area contributed by atoms with E-state index in [2.05, 4.69) is 30.9 Å². The van der Waals surface area contributed by atoms with Gasteiger partial charge in [0.15, 0.2) is 0 Å². The summed E-state index contributed by atoms with van der Waals surface area (Å²) in [5, 5.41) is 8.24. The number of aromatic nitrogens is 4. The summed E-state index contributed by atoms with van der Waals surface area (Å²) in [5.74, 6) is -3.30. The van der Waals surface area contributed by atoms with Gasteiger partial charge in [-0.1, -0.05) is 88.4 Å². The first kappa shape index (κ1) is 43.5. The van der Waals surface area contributed by atoms with Gasteiger partial charge in [-0.25, -0.2) is 19.6 Å². The Kier molecular flexibility index (Phi) is 12.0. The zero-order valence-corrected chi connectivity index (χ0v) is 36.3. The Labute approximate surface area is 368 Å². The number of ether oxygens (including phenoxy) is 2. The largest absolute Gasteiger partial charge is 0.453 e. The number of carbonyl (C=O) groups is 4. The molecule has 3 heterocycles. The van der Waals surface area contributed by atoms with Crippen LogP contribution in [0.25, 0.3) is 44.5 Å². The van der Waals surface area contributed by atoms with E-state index >= 15 is 8.78 Å². The van der Waals surface area contributed by atoms with Gasteiger partial charge in [-0.2, -0.15) is 8.78 Å². The Morgan fingerprint density at radius 2 is 1.42 bits per heavy atom. The van der Waals surface area contributed by atoms with Crippen molar-refractivity contribution in [1.82, 2.24) is 40.8 Å². The van der Waals surface area contributed by atoms with Gasteiger partial charge in [-0.05, 0) is 76.8 Å². The molecule has 16 heteroatoms. The van der Waals surface area contributed by atoms with Crippen molar-refractivity contribution >= 4 is 35.0 Å². The average Bonchev–Trinajstić information content (AvgIpc) is 4.11. The fourth-order valence-electron chi connectivity index (χ4n) is 8.68. The summed E-state index contributed by atoms with van der Waals surface area (Å²) in [5.41, 5.74) is 4.93. The summed E-state index contributed by atoms with van der Waals surface area (Å²) in [7, 11) is 2.48. The van der Waals surface area contributed by atoms with Gasteiger partial charge in [-0.3, -0.25) is 9.59 Å². The fraction of sp³-hybridized carbons (Fsp3) is 0.333. The third-order valence-corrected chi connectivity index (χ3v) is 12.1. The lowest BCUT2D eigenvalue weighted by atomic mass is 9.98. The summed E-state index contributed by atoms with van der Waals surface area (Å²) in [6, 6.07) is 21.8. The number of nitrogens with zero attached hydrogens (tertiary/aromatic N) is 3. The van der Waals surface area contributed by atoms with E-state index < -0.39 is 42.1 Å². The minimum Gasteiger partial charge on any atom is -0.453 e. The quantitative estimate of drug-likeness (QED) is 0.0809. The third-order valence-electron chi connectivity index (χ3n) is 12.1. The maximum atomic E-state index is 16.6. The number of alkyl halides is 2. The lowest BCUT2D eigenvalue weighted by molar-refractivity contribution is -0.134. The number of hydrogen-bond donors (Lipinski definition) is 5. The van der Waals surface area contributed by atoms with Crippen molar-refractivity contribution in [3.8, 4) is 33.5 Å². The van der Waals surface area contributed by atoms with Crippen LogP contribution in [0.5, 0.6) is 0 Å². The van der Waals surface area contributed by atoms with Gasteiger partial charge in [0.05, 0.1) is 49.2 Å². The summed E-state index contributed by atoms with van der Waals surface area (Å²) in [6.07, 6.45) is 1.53. The highest BCUT2D eigenvalue weighted by atomic mass is 19.3. The fourth-order valence-corrected chi connectivity index (χ4v) is 8.68. The van der Waals surface area contributed by atoms with E-state index in [0.717, 1.165) is 6.42 Å². The number of methoxy groups -OCH3 is 2. The number of hydrogen-bond acceptors (Lipinski definition) is 8. The molecule has 1 saturated heterocycles. The van der Waals surface area contributed by atoms with Gasteiger partial charge in [0, 0.05) is 23.2 Å². The van der Waals surface area contributed by atoms with Gasteiger partial charge in [0.25, 0.3) is 11.8 Å². The van der Waals surface area contributed by atoms with Crippen LogP contribution < -0.4 is 16.0 Å². The molecular weight excluding hydrogens is 823 g/mol. The Morgan fingerprint density at radius 1 is 0.781 bits per heavy atom. The molecular formula is C48H50F2N8O6. The molecule has 8 rings (SSSR count). The van der Waals surface area contributed by atoms with E-state index in [0.29, 0.717) is 74.7 Å². The molecule has 4 atom stereocenters. The molecule has 332 valence electrons. The number of benzene rings is 4. The monoisotopic (exact) mass is 872 g/mol. The predicted molar refractivity (Wildman–Crippen MR) is 236 cm³/mol. The van der Waals surface area contributed by atoms with Crippen molar-refractivity contribution in [2.45, 2.75) is 70.6 Å². The van der Waals surface area contributed by atoms with E-state index in [1.165, 1.54) is 26.4 Å². The molecule has 0 bridgehead atoms. The number of alkyl carbamates (subject to hydrolysis) is 2. The van der Waals surface area contributed by atoms with Crippen molar-refractivity contribution in [2.75, 3.05) is 20.8 Å². The number of halogens is 2. The standard InChI is InChI=1S/C48H50F2N8O6/c1-25(2)39(55-44(59)40(26(3)4)56-46(61)63-5)43-51-24-37(54-43)30-15-18-32-31-17-14-28(21-33(31)48(49,50)34(32)22-30)29-16-19-35-36(23-29)53-42(52-35)38-13-10-20-58(38)45(60)41(57-47(62)64-6)27-11-8-7-9-12-27/h7-9,11-12,14-19,21-26,38-41H,10,13,20H2,1-6H3,(H,51,54)(H,52,53)(H,55,59)(H,56,61)(H,57,62)/t38-,39-,40-,41+/m0/s1. The molecule has 0 spiro atoms. The maximum absolute atomic E-state index is 16.6. The second kappa shape index (κ2) is 17.6. The van der Waals surface area contributed by atoms with Crippen LogP contribution >= 0.6 is 0 Å². The number of carbonyl (C=O) groups excluding carboxylic acids is 4. The number of likely N-dealkylation sites (tertiary alicyclic amines) is 1. The molecule has 5 N–H and O–H groups in total. The number of H-pyrrole nitrogens is 2.